The van der Waals surface area contributed by atoms with Gasteiger partial charge in [-0.1, -0.05) is 12.1 Å². The van der Waals surface area contributed by atoms with E-state index in [-0.39, 0.29) is 11.7 Å². The number of carbonyl (C=O) groups is 3. The molecule has 2 aromatic carbocycles. The number of nitrogens with one attached hydrogen (secondary N) is 3. The van der Waals surface area contributed by atoms with Crippen LogP contribution >= 0.6 is 0 Å². The molecule has 0 saturated heterocycles. The van der Waals surface area contributed by atoms with Crippen LogP contribution in [0, 0.1) is 19.7 Å². The highest BCUT2D eigenvalue weighted by Gasteiger charge is 2.17. The van der Waals surface area contributed by atoms with Crippen molar-refractivity contribution in [2.75, 3.05) is 5.32 Å². The second-order valence-electron chi connectivity index (χ2n) is 7.18. The van der Waals surface area contributed by atoms with E-state index >= 15 is 0 Å². The Balaban J connectivity index is 1.61. The summed E-state index contributed by atoms with van der Waals surface area (Å²) >= 11 is 0. The number of aromatic nitrogens is 1. The van der Waals surface area contributed by atoms with Crippen LogP contribution in [0.2, 0.25) is 0 Å². The molecule has 3 rings (SSSR count). The summed E-state index contributed by atoms with van der Waals surface area (Å²) in [6, 6.07) is 14.6. The summed E-state index contributed by atoms with van der Waals surface area (Å²) in [7, 11) is 0. The minimum Gasteiger partial charge on any atom is -0.326 e. The van der Waals surface area contributed by atoms with Gasteiger partial charge in [-0.15, -0.1) is 0 Å². The van der Waals surface area contributed by atoms with Gasteiger partial charge in [0.1, 0.15) is 5.82 Å². The van der Waals surface area contributed by atoms with E-state index in [0.29, 0.717) is 16.9 Å². The molecule has 32 heavy (non-hydrogen) atoms. The van der Waals surface area contributed by atoms with Gasteiger partial charge in [-0.05, 0) is 68.0 Å². The monoisotopic (exact) mass is 434 g/mol. The zero-order valence-electron chi connectivity index (χ0n) is 17.9. The van der Waals surface area contributed by atoms with Gasteiger partial charge in [0.15, 0.2) is 0 Å². The van der Waals surface area contributed by atoms with Crippen LogP contribution in [0.3, 0.4) is 0 Å². The fourth-order valence-corrected chi connectivity index (χ4v) is 3.26. The molecule has 1 aromatic heterocycles. The molecule has 0 bridgehead atoms. The van der Waals surface area contributed by atoms with Gasteiger partial charge in [0.05, 0.1) is 5.56 Å². The molecule has 0 atom stereocenters. The van der Waals surface area contributed by atoms with E-state index < -0.39 is 11.8 Å². The van der Waals surface area contributed by atoms with Crippen molar-refractivity contribution in [2.24, 2.45) is 0 Å². The second-order valence-corrected chi connectivity index (χ2v) is 7.18. The molecule has 0 unspecified atom stereocenters. The third kappa shape index (κ3) is 5.48. The number of rotatable bonds is 5. The second kappa shape index (κ2) is 9.74. The molecule has 164 valence electrons. The van der Waals surface area contributed by atoms with Crippen LogP contribution in [0.1, 0.15) is 34.2 Å². The number of hydrazine groups is 1. The van der Waals surface area contributed by atoms with Crippen molar-refractivity contribution in [1.29, 1.82) is 0 Å². The van der Waals surface area contributed by atoms with Gasteiger partial charge < -0.3 is 9.88 Å². The summed E-state index contributed by atoms with van der Waals surface area (Å²) in [6.45, 7) is 5.04. The molecular weight excluding hydrogens is 411 g/mol. The smallest absolute Gasteiger partial charge is 0.271 e. The average molecular weight is 434 g/mol. The summed E-state index contributed by atoms with van der Waals surface area (Å²) in [5.41, 5.74) is 8.75. The van der Waals surface area contributed by atoms with Crippen molar-refractivity contribution in [3.63, 3.8) is 0 Å². The van der Waals surface area contributed by atoms with Crippen LogP contribution in [0.15, 0.2) is 60.7 Å². The van der Waals surface area contributed by atoms with Gasteiger partial charge in [-0.25, -0.2) is 4.39 Å². The Labute approximate surface area is 184 Å². The number of hydrogen-bond acceptors (Lipinski definition) is 3. The first kappa shape index (κ1) is 22.5. The van der Waals surface area contributed by atoms with E-state index in [2.05, 4.69) is 16.2 Å². The van der Waals surface area contributed by atoms with Crippen molar-refractivity contribution >= 4 is 29.5 Å². The van der Waals surface area contributed by atoms with Crippen LogP contribution < -0.4 is 16.2 Å². The fourth-order valence-electron chi connectivity index (χ4n) is 3.26. The lowest BCUT2D eigenvalue weighted by molar-refractivity contribution is -0.117. The minimum absolute atomic E-state index is 0.165. The van der Waals surface area contributed by atoms with Gasteiger partial charge in [-0.2, -0.15) is 0 Å². The highest BCUT2D eigenvalue weighted by atomic mass is 19.1. The molecule has 0 spiro atoms. The SMILES string of the molecule is CC(=O)Nc1ccc(/C=C/C(=O)NNC(=O)c2cc(C)n(-c3ccc(F)cc3)c2C)cc1. The highest BCUT2D eigenvalue weighted by molar-refractivity contribution is 5.99. The Morgan fingerprint density at radius 2 is 1.59 bits per heavy atom. The van der Waals surface area contributed by atoms with Gasteiger partial charge in [0.2, 0.25) is 5.91 Å². The predicted molar refractivity (Wildman–Crippen MR) is 121 cm³/mol. The van der Waals surface area contributed by atoms with Gasteiger partial charge >= 0.3 is 0 Å². The van der Waals surface area contributed by atoms with Crippen LogP contribution in [0.25, 0.3) is 11.8 Å². The molecule has 3 amide bonds. The Kier molecular flexibility index (Phi) is 6.84. The highest BCUT2D eigenvalue weighted by Crippen LogP contribution is 2.21. The zero-order valence-corrected chi connectivity index (χ0v) is 17.9. The van der Waals surface area contributed by atoms with E-state index in [1.807, 2.05) is 11.5 Å². The third-order valence-corrected chi connectivity index (χ3v) is 4.72. The summed E-state index contributed by atoms with van der Waals surface area (Å²) in [6.07, 6.45) is 2.87. The maximum atomic E-state index is 13.2. The number of benzene rings is 2. The van der Waals surface area contributed by atoms with Crippen LogP contribution in [-0.4, -0.2) is 22.3 Å². The van der Waals surface area contributed by atoms with Gasteiger partial charge in [0.25, 0.3) is 11.8 Å². The molecule has 3 aromatic rings. The third-order valence-electron chi connectivity index (χ3n) is 4.72. The normalized spacial score (nSPS) is 10.8. The first-order valence-electron chi connectivity index (χ1n) is 9.85. The number of amides is 3. The summed E-state index contributed by atoms with van der Waals surface area (Å²) in [4.78, 5) is 35.7. The Bertz CT molecular complexity index is 1180. The lowest BCUT2D eigenvalue weighted by atomic mass is 10.2. The van der Waals surface area contributed by atoms with E-state index in [4.69, 9.17) is 0 Å². The van der Waals surface area contributed by atoms with Crippen molar-refractivity contribution < 1.29 is 18.8 Å². The number of halogens is 1. The van der Waals surface area contributed by atoms with Gasteiger partial charge in [0, 0.05) is 35.8 Å². The average Bonchev–Trinajstić information content (AvgIpc) is 3.06. The van der Waals surface area contributed by atoms with Crippen LogP contribution in [0.5, 0.6) is 0 Å². The number of anilines is 1. The van der Waals surface area contributed by atoms with E-state index in [1.54, 1.807) is 55.5 Å². The quantitative estimate of drug-likeness (QED) is 0.423. The first-order chi connectivity index (χ1) is 15.2. The predicted octanol–water partition coefficient (Wildman–Crippen LogP) is 3.67. The van der Waals surface area contributed by atoms with Crippen molar-refractivity contribution in [3.8, 4) is 5.69 Å². The molecule has 0 aliphatic heterocycles. The molecule has 8 heteroatoms. The minimum atomic E-state index is -0.503. The maximum Gasteiger partial charge on any atom is 0.271 e. The molecular formula is C24H23FN4O3. The Morgan fingerprint density at radius 1 is 0.938 bits per heavy atom. The Hall–Kier alpha value is -4.20. The lowest BCUT2D eigenvalue weighted by Crippen LogP contribution is -2.40. The van der Waals surface area contributed by atoms with Crippen LogP contribution in [-0.2, 0) is 9.59 Å². The molecule has 0 aliphatic carbocycles. The number of nitrogens with zero attached hydrogens (tertiary/aromatic N) is 1. The molecule has 0 fully saturated rings. The van der Waals surface area contributed by atoms with Gasteiger partial charge in [-0.3, -0.25) is 25.2 Å². The molecule has 3 N–H and O–H groups in total. The molecule has 1 heterocycles. The van der Waals surface area contributed by atoms with Crippen molar-refractivity contribution in [1.82, 2.24) is 15.4 Å². The summed E-state index contributed by atoms with van der Waals surface area (Å²) < 4.78 is 15.0. The summed E-state index contributed by atoms with van der Waals surface area (Å²) in [5.74, 6) is -1.47. The van der Waals surface area contributed by atoms with E-state index in [1.165, 1.54) is 25.1 Å². The standard InChI is InChI=1S/C24H23FN4O3/c1-15-14-22(16(2)29(15)21-11-7-19(25)8-12-21)24(32)28-27-23(31)13-6-18-4-9-20(10-5-18)26-17(3)30/h4-14H,1-3H3,(H,26,30)(H,27,31)(H,28,32)/b13-6+. The van der Waals surface area contributed by atoms with E-state index in [9.17, 15) is 18.8 Å². The first-order valence-corrected chi connectivity index (χ1v) is 9.85. The molecule has 0 aliphatic rings. The maximum absolute atomic E-state index is 13.2. The summed E-state index contributed by atoms with van der Waals surface area (Å²) in [5, 5.41) is 2.66. The lowest BCUT2D eigenvalue weighted by Gasteiger charge is -2.10. The molecule has 0 saturated carbocycles. The van der Waals surface area contributed by atoms with E-state index in [0.717, 1.165) is 16.9 Å². The Morgan fingerprint density at radius 3 is 2.22 bits per heavy atom. The molecule has 0 radical (unpaired) electrons. The molecule has 7 nitrogen and oxygen atoms in total. The number of carbonyl (C=O) groups excluding carboxylic acids is 3. The topological polar surface area (TPSA) is 92.2 Å². The van der Waals surface area contributed by atoms with Crippen molar-refractivity contribution in [3.05, 3.63) is 89.0 Å². The van der Waals surface area contributed by atoms with Crippen LogP contribution in [0.4, 0.5) is 10.1 Å². The largest absolute Gasteiger partial charge is 0.326 e. The number of hydrogen-bond donors (Lipinski definition) is 3. The fraction of sp³-hybridized carbons (Fsp3) is 0.125. The zero-order chi connectivity index (χ0) is 23.3. The van der Waals surface area contributed by atoms with Crippen molar-refractivity contribution in [2.45, 2.75) is 20.8 Å². The number of aryl methyl sites for hydroxylation is 1.